The first-order valence-electron chi connectivity index (χ1n) is 12.9. The van der Waals surface area contributed by atoms with E-state index >= 15 is 0 Å². The number of allylic oxidation sites excluding steroid dienone is 5. The van der Waals surface area contributed by atoms with Crippen molar-refractivity contribution in [3.8, 4) is 0 Å². The highest BCUT2D eigenvalue weighted by molar-refractivity contribution is 5.28. The topological polar surface area (TPSA) is 20.2 Å². The molecule has 0 saturated heterocycles. The molecule has 0 aromatic rings. The Hall–Kier alpha value is -0.820. The molecule has 1 nitrogen and oxygen atoms in total. The van der Waals surface area contributed by atoms with Crippen molar-refractivity contribution >= 4 is 0 Å². The maximum atomic E-state index is 10.3. The molecule has 0 heterocycles. The molecule has 3 fully saturated rings. The van der Waals surface area contributed by atoms with Crippen LogP contribution in [0.2, 0.25) is 0 Å². The molecule has 4 rings (SSSR count). The Bertz CT molecular complexity index is 716. The van der Waals surface area contributed by atoms with Gasteiger partial charge in [-0.05, 0) is 111 Å². The fraction of sp³-hybridized carbons (Fsp3) is 0.793. The molecule has 30 heavy (non-hydrogen) atoms. The average molecular weight is 411 g/mol. The zero-order valence-corrected chi connectivity index (χ0v) is 20.3. The molecule has 0 aliphatic heterocycles. The van der Waals surface area contributed by atoms with E-state index in [1.807, 2.05) is 5.57 Å². The lowest BCUT2D eigenvalue weighted by Crippen LogP contribution is -2.49. The van der Waals surface area contributed by atoms with Gasteiger partial charge in [-0.25, -0.2) is 0 Å². The Morgan fingerprint density at radius 2 is 1.83 bits per heavy atom. The number of aliphatic hydroxyl groups is 1. The quantitative estimate of drug-likeness (QED) is 0.460. The first kappa shape index (κ1) is 22.4. The van der Waals surface area contributed by atoms with Crippen LogP contribution >= 0.6 is 0 Å². The Balaban J connectivity index is 1.54. The van der Waals surface area contributed by atoms with E-state index in [1.54, 1.807) is 0 Å². The van der Waals surface area contributed by atoms with Gasteiger partial charge in [0.05, 0.1) is 6.10 Å². The van der Waals surface area contributed by atoms with Gasteiger partial charge in [0, 0.05) is 0 Å². The Morgan fingerprint density at radius 1 is 1.13 bits per heavy atom. The summed E-state index contributed by atoms with van der Waals surface area (Å²) in [6.07, 6.45) is 18.8. The standard InChI is InChI=1S/C29H46O/c1-7-21(19(2)3)9-8-20(4)25-12-13-26-24-11-10-22-18-23(30)14-16-28(22,5)27(24)15-17-29(25,26)6/h8-9,11,20-23,25-27,30H,2,7,10,12-18H2,1,3-6H3/b9-8+/t20-,21-,22+,23+,25-,26-,27-,28+,29-/m0/s1. The third-order valence-corrected chi connectivity index (χ3v) is 10.5. The summed E-state index contributed by atoms with van der Waals surface area (Å²) in [4.78, 5) is 0. The van der Waals surface area contributed by atoms with Crippen LogP contribution in [0.3, 0.4) is 0 Å². The minimum Gasteiger partial charge on any atom is -0.393 e. The predicted molar refractivity (Wildman–Crippen MR) is 128 cm³/mol. The van der Waals surface area contributed by atoms with Gasteiger partial charge in [-0.3, -0.25) is 0 Å². The van der Waals surface area contributed by atoms with Crippen LogP contribution in [0.1, 0.15) is 92.4 Å². The molecule has 0 unspecified atom stereocenters. The Morgan fingerprint density at radius 3 is 2.53 bits per heavy atom. The minimum atomic E-state index is -0.0541. The molecule has 4 aliphatic rings. The Kier molecular flexibility index (Phi) is 6.17. The van der Waals surface area contributed by atoms with Crippen LogP contribution in [-0.4, -0.2) is 11.2 Å². The zero-order chi connectivity index (χ0) is 21.7. The van der Waals surface area contributed by atoms with Gasteiger partial charge < -0.3 is 5.11 Å². The van der Waals surface area contributed by atoms with Crippen LogP contribution < -0.4 is 0 Å². The van der Waals surface area contributed by atoms with E-state index in [2.05, 4.69) is 59.4 Å². The zero-order valence-electron chi connectivity index (χ0n) is 20.3. The normalized spacial score (nSPS) is 45.3. The second kappa shape index (κ2) is 8.27. The highest BCUT2D eigenvalue weighted by Gasteiger charge is 2.57. The van der Waals surface area contributed by atoms with Crippen molar-refractivity contribution in [2.24, 2.45) is 46.3 Å². The van der Waals surface area contributed by atoms with Crippen molar-refractivity contribution in [1.29, 1.82) is 0 Å². The number of hydrogen-bond acceptors (Lipinski definition) is 1. The molecular weight excluding hydrogens is 364 g/mol. The average Bonchev–Trinajstić information content (AvgIpc) is 3.06. The molecular formula is C29H46O. The van der Waals surface area contributed by atoms with Crippen molar-refractivity contribution in [3.63, 3.8) is 0 Å². The van der Waals surface area contributed by atoms with Gasteiger partial charge >= 0.3 is 0 Å². The molecule has 3 saturated carbocycles. The van der Waals surface area contributed by atoms with Crippen LogP contribution in [0, 0.1) is 46.3 Å². The lowest BCUT2D eigenvalue weighted by atomic mass is 9.47. The maximum absolute atomic E-state index is 10.3. The summed E-state index contributed by atoms with van der Waals surface area (Å²) in [5, 5.41) is 10.3. The van der Waals surface area contributed by atoms with Crippen molar-refractivity contribution in [3.05, 3.63) is 36.0 Å². The minimum absolute atomic E-state index is 0.0541. The van der Waals surface area contributed by atoms with E-state index in [1.165, 1.54) is 44.1 Å². The molecule has 1 heteroatoms. The second-order valence-corrected chi connectivity index (χ2v) is 12.0. The van der Waals surface area contributed by atoms with Crippen molar-refractivity contribution < 1.29 is 5.11 Å². The molecule has 0 bridgehead atoms. The summed E-state index contributed by atoms with van der Waals surface area (Å²) in [5.74, 6) is 4.27. The SMILES string of the molecule is C=C(C)[C@H](/C=C/[C@H](C)[C@@H]1CC[C@H]2C3=CC[C@@H]4C[C@H](O)CC[C@@]4(C)[C@H]3CC[C@]21C)CC. The number of fused-ring (bicyclic) bond motifs is 5. The first-order chi connectivity index (χ1) is 14.2. The Labute approximate surface area is 186 Å². The van der Waals surface area contributed by atoms with Gasteiger partial charge in [-0.2, -0.15) is 0 Å². The number of hydrogen-bond donors (Lipinski definition) is 1. The molecule has 0 spiro atoms. The van der Waals surface area contributed by atoms with Crippen LogP contribution in [0.5, 0.6) is 0 Å². The van der Waals surface area contributed by atoms with Gasteiger partial charge in [0.2, 0.25) is 0 Å². The number of rotatable bonds is 5. The smallest absolute Gasteiger partial charge is 0.0543 e. The molecule has 168 valence electrons. The lowest BCUT2D eigenvalue weighted by Gasteiger charge is -2.57. The largest absolute Gasteiger partial charge is 0.393 e. The van der Waals surface area contributed by atoms with Gasteiger partial charge in [0.15, 0.2) is 0 Å². The van der Waals surface area contributed by atoms with Crippen LogP contribution in [0.4, 0.5) is 0 Å². The van der Waals surface area contributed by atoms with Gasteiger partial charge in [0.1, 0.15) is 0 Å². The summed E-state index contributed by atoms with van der Waals surface area (Å²) < 4.78 is 0. The van der Waals surface area contributed by atoms with E-state index in [-0.39, 0.29) is 6.10 Å². The molecule has 1 N–H and O–H groups in total. The van der Waals surface area contributed by atoms with Crippen molar-refractivity contribution in [2.75, 3.05) is 0 Å². The fourth-order valence-electron chi connectivity index (χ4n) is 8.49. The molecule has 0 radical (unpaired) electrons. The highest BCUT2D eigenvalue weighted by atomic mass is 16.3. The third kappa shape index (κ3) is 3.58. The second-order valence-electron chi connectivity index (χ2n) is 12.0. The first-order valence-corrected chi connectivity index (χ1v) is 12.9. The van der Waals surface area contributed by atoms with E-state index in [9.17, 15) is 5.11 Å². The van der Waals surface area contributed by atoms with Crippen LogP contribution in [0.15, 0.2) is 36.0 Å². The fourth-order valence-corrected chi connectivity index (χ4v) is 8.49. The van der Waals surface area contributed by atoms with Crippen molar-refractivity contribution in [1.82, 2.24) is 0 Å². The van der Waals surface area contributed by atoms with Gasteiger partial charge in [-0.1, -0.05) is 63.6 Å². The van der Waals surface area contributed by atoms with Crippen LogP contribution in [0.25, 0.3) is 0 Å². The summed E-state index contributed by atoms with van der Waals surface area (Å²) >= 11 is 0. The monoisotopic (exact) mass is 410 g/mol. The maximum Gasteiger partial charge on any atom is 0.0543 e. The molecule has 9 atom stereocenters. The van der Waals surface area contributed by atoms with E-state index in [0.29, 0.717) is 28.6 Å². The summed E-state index contributed by atoms with van der Waals surface area (Å²) in [6, 6.07) is 0. The molecule has 0 amide bonds. The summed E-state index contributed by atoms with van der Waals surface area (Å²) in [6.45, 7) is 16.3. The van der Waals surface area contributed by atoms with E-state index < -0.39 is 0 Å². The van der Waals surface area contributed by atoms with Gasteiger partial charge in [0.25, 0.3) is 0 Å². The summed E-state index contributed by atoms with van der Waals surface area (Å²) in [5.41, 5.74) is 4.04. The summed E-state index contributed by atoms with van der Waals surface area (Å²) in [7, 11) is 0. The molecule has 0 aromatic carbocycles. The van der Waals surface area contributed by atoms with E-state index in [4.69, 9.17) is 0 Å². The molecule has 4 aliphatic carbocycles. The van der Waals surface area contributed by atoms with E-state index in [0.717, 1.165) is 37.0 Å². The third-order valence-electron chi connectivity index (χ3n) is 10.5. The number of aliphatic hydroxyl groups excluding tert-OH is 1. The highest BCUT2D eigenvalue weighted by Crippen LogP contribution is 2.66. The van der Waals surface area contributed by atoms with Crippen molar-refractivity contribution in [2.45, 2.75) is 98.5 Å². The lowest BCUT2D eigenvalue weighted by molar-refractivity contribution is -0.0414. The van der Waals surface area contributed by atoms with Crippen LogP contribution in [-0.2, 0) is 0 Å². The van der Waals surface area contributed by atoms with Gasteiger partial charge in [-0.15, -0.1) is 0 Å². The molecule has 0 aromatic heterocycles. The predicted octanol–water partition coefficient (Wildman–Crippen LogP) is 7.72.